The van der Waals surface area contributed by atoms with Crippen LogP contribution in [0.5, 0.6) is 5.75 Å². The van der Waals surface area contributed by atoms with Gasteiger partial charge in [0.05, 0.1) is 22.7 Å². The van der Waals surface area contributed by atoms with E-state index in [0.717, 1.165) is 102 Å². The van der Waals surface area contributed by atoms with Gasteiger partial charge in [0, 0.05) is 44.0 Å². The van der Waals surface area contributed by atoms with E-state index in [1.165, 1.54) is 119 Å². The lowest BCUT2D eigenvalue weighted by molar-refractivity contribution is 0.443. The first-order chi connectivity index (χ1) is 41.5. The van der Waals surface area contributed by atoms with Crippen LogP contribution in [0.25, 0.3) is 87.6 Å². The van der Waals surface area contributed by atoms with E-state index in [-0.39, 0.29) is 5.75 Å². The van der Waals surface area contributed by atoms with Crippen molar-refractivity contribution >= 4 is 88.4 Å². The molecule has 2 aliphatic carbocycles. The zero-order chi connectivity index (χ0) is 56.3. The molecule has 13 aromatic rings. The number of benzene rings is 12. The molecule has 0 aliphatic heterocycles. The van der Waals surface area contributed by atoms with E-state index in [1.54, 1.807) is 0 Å². The Bertz CT molecular complexity index is 4560. The minimum Gasteiger partial charge on any atom is -0.505 e. The van der Waals surface area contributed by atoms with Gasteiger partial charge in [0.1, 0.15) is 11.3 Å². The van der Waals surface area contributed by atoms with Gasteiger partial charge in [-0.3, -0.25) is 0 Å². The molecule has 2 saturated carbocycles. The Morgan fingerprint density at radius 1 is 0.369 bits per heavy atom. The van der Waals surface area contributed by atoms with Gasteiger partial charge in [-0.2, -0.15) is 0 Å². The van der Waals surface area contributed by atoms with Gasteiger partial charge in [0.15, 0.2) is 5.58 Å². The van der Waals surface area contributed by atoms with Crippen molar-refractivity contribution in [3.05, 3.63) is 247 Å². The minimum atomic E-state index is 0.245. The largest absolute Gasteiger partial charge is 0.505 e. The first-order valence-electron chi connectivity index (χ1n) is 31.0. The van der Waals surface area contributed by atoms with E-state index in [2.05, 4.69) is 248 Å². The summed E-state index contributed by atoms with van der Waals surface area (Å²) in [6.07, 6.45) is 14.6. The SMILES string of the molecule is CCc1ccccc1-c1cccc(-c2cccc(N(c3ccc(C4CCCCC4)cc3)c3ccc4ccc5c(N(c6ccc(C7CCCCC7)cc6)c6cccc7c6oc6c(-c8ccccc8CC)cccc67)ccc6ccc3c4c65)c2O)c1. The molecule has 0 atom stereocenters. The van der Waals surface area contributed by atoms with Crippen LogP contribution < -0.4 is 9.80 Å². The Morgan fingerprint density at radius 2 is 0.821 bits per heavy atom. The number of hydrogen-bond donors (Lipinski definition) is 1. The molecule has 0 spiro atoms. The van der Waals surface area contributed by atoms with Crippen molar-refractivity contribution < 1.29 is 9.52 Å². The molecule has 84 heavy (non-hydrogen) atoms. The molecule has 0 bridgehead atoms. The third kappa shape index (κ3) is 8.97. The van der Waals surface area contributed by atoms with Gasteiger partial charge in [-0.15, -0.1) is 0 Å². The third-order valence-electron chi connectivity index (χ3n) is 19.1. The number of aromatic hydroxyl groups is 1. The van der Waals surface area contributed by atoms with Crippen LogP contribution in [0.3, 0.4) is 0 Å². The first-order valence-corrected chi connectivity index (χ1v) is 31.0. The van der Waals surface area contributed by atoms with Crippen molar-refractivity contribution in [2.24, 2.45) is 0 Å². The van der Waals surface area contributed by atoms with Crippen LogP contribution in [0.1, 0.15) is 112 Å². The topological polar surface area (TPSA) is 39.9 Å². The molecular formula is C80H70N2O2. The van der Waals surface area contributed by atoms with E-state index < -0.39 is 0 Å². The molecule has 0 radical (unpaired) electrons. The summed E-state index contributed by atoms with van der Waals surface area (Å²) in [5.74, 6) is 1.40. The van der Waals surface area contributed by atoms with Crippen LogP contribution in [0, 0.1) is 0 Å². The van der Waals surface area contributed by atoms with Crippen LogP contribution in [0.15, 0.2) is 229 Å². The Balaban J connectivity index is 0.923. The van der Waals surface area contributed by atoms with Crippen molar-refractivity contribution in [1.29, 1.82) is 0 Å². The number of phenols is 1. The highest BCUT2D eigenvalue weighted by molar-refractivity contribution is 6.28. The highest BCUT2D eigenvalue weighted by Crippen LogP contribution is 2.52. The minimum absolute atomic E-state index is 0.245. The maximum atomic E-state index is 13.0. The summed E-state index contributed by atoms with van der Waals surface area (Å²) in [4.78, 5) is 4.77. The number of nitrogens with zero attached hydrogens (tertiary/aromatic N) is 2. The highest BCUT2D eigenvalue weighted by Gasteiger charge is 2.28. The number of phenolic OH excluding ortho intramolecular Hbond substituents is 1. The summed E-state index contributed by atoms with van der Waals surface area (Å²) >= 11 is 0. The molecule has 1 heterocycles. The lowest BCUT2D eigenvalue weighted by Crippen LogP contribution is -2.12. The van der Waals surface area contributed by atoms with Crippen LogP contribution in [-0.4, -0.2) is 5.11 Å². The summed E-state index contributed by atoms with van der Waals surface area (Å²) in [5, 5.41) is 22.2. The van der Waals surface area contributed by atoms with Gasteiger partial charge >= 0.3 is 0 Å². The van der Waals surface area contributed by atoms with Gasteiger partial charge in [-0.05, 0) is 171 Å². The summed E-state index contributed by atoms with van der Waals surface area (Å²) in [6, 6.07) is 82.8. The monoisotopic (exact) mass is 1090 g/mol. The zero-order valence-electron chi connectivity index (χ0n) is 48.3. The molecule has 0 unspecified atom stereocenters. The van der Waals surface area contributed by atoms with E-state index in [4.69, 9.17) is 4.42 Å². The fourth-order valence-electron chi connectivity index (χ4n) is 14.8. The lowest BCUT2D eigenvalue weighted by Gasteiger charge is -2.30. The second-order valence-electron chi connectivity index (χ2n) is 23.8. The van der Waals surface area contributed by atoms with E-state index in [9.17, 15) is 5.11 Å². The zero-order valence-corrected chi connectivity index (χ0v) is 48.3. The van der Waals surface area contributed by atoms with Crippen LogP contribution in [-0.2, 0) is 12.8 Å². The average molecular weight is 1090 g/mol. The number of rotatable bonds is 13. The van der Waals surface area contributed by atoms with Gasteiger partial charge in [0.25, 0.3) is 0 Å². The second-order valence-corrected chi connectivity index (χ2v) is 23.8. The second kappa shape index (κ2) is 21.9. The van der Waals surface area contributed by atoms with Crippen molar-refractivity contribution in [3.63, 3.8) is 0 Å². The number of furan rings is 1. The predicted octanol–water partition coefficient (Wildman–Crippen LogP) is 23.3. The molecule has 1 N–H and O–H groups in total. The molecule has 2 fully saturated rings. The summed E-state index contributed by atoms with van der Waals surface area (Å²) in [6.45, 7) is 4.44. The molecular weight excluding hydrogens is 1020 g/mol. The lowest BCUT2D eigenvalue weighted by atomic mass is 9.84. The molecule has 1 aromatic heterocycles. The predicted molar refractivity (Wildman–Crippen MR) is 355 cm³/mol. The standard InChI is InChI=1S/C80H70N2O2/c1-3-52-19-11-13-27-64(52)60-25-15-26-61(51-60)66-29-17-33-74(78(66)83)81(62-43-35-56(36-44-62)54-21-7-5-8-22-54)72-49-41-58-40-48-71-73(50-42-59-39-47-70(72)76(58)77(59)71)82(63-45-37-57(38-46-63)55-23-9-6-10-24-55)75-34-18-32-69-68-31-16-30-67(79(68)84-80(69)75)65-28-14-12-20-53(65)4-2/h11-20,25-51,54-55,83H,3-10,21-24H2,1-2H3. The molecule has 4 nitrogen and oxygen atoms in total. The van der Waals surface area contributed by atoms with Crippen LogP contribution in [0.2, 0.25) is 0 Å². The van der Waals surface area contributed by atoms with Gasteiger partial charge in [-0.25, -0.2) is 0 Å². The van der Waals surface area contributed by atoms with Crippen LogP contribution in [0.4, 0.5) is 34.1 Å². The van der Waals surface area contributed by atoms with Crippen LogP contribution >= 0.6 is 0 Å². The number of aryl methyl sites for hydroxylation is 2. The number of anilines is 6. The van der Waals surface area contributed by atoms with Gasteiger partial charge in [0.2, 0.25) is 0 Å². The van der Waals surface area contributed by atoms with Crippen molar-refractivity contribution in [2.75, 3.05) is 9.80 Å². The Morgan fingerprint density at radius 3 is 1.42 bits per heavy atom. The fourth-order valence-corrected chi connectivity index (χ4v) is 14.8. The van der Waals surface area contributed by atoms with E-state index in [1.807, 2.05) is 0 Å². The Hall–Kier alpha value is -9.12. The highest BCUT2D eigenvalue weighted by atomic mass is 16.3. The normalized spacial score (nSPS) is 14.4. The van der Waals surface area contributed by atoms with E-state index in [0.29, 0.717) is 11.8 Å². The number of fused-ring (bicyclic) bond motifs is 3. The van der Waals surface area contributed by atoms with Crippen molar-refractivity contribution in [1.82, 2.24) is 0 Å². The molecule has 15 rings (SSSR count). The summed E-state index contributed by atoms with van der Waals surface area (Å²) in [7, 11) is 0. The molecule has 12 aromatic carbocycles. The average Bonchev–Trinajstić information content (AvgIpc) is 1.21. The number of para-hydroxylation sites is 3. The maximum absolute atomic E-state index is 13.0. The van der Waals surface area contributed by atoms with Crippen molar-refractivity contribution in [3.8, 4) is 39.1 Å². The third-order valence-corrected chi connectivity index (χ3v) is 19.1. The molecule has 0 amide bonds. The maximum Gasteiger partial charge on any atom is 0.159 e. The Kier molecular flexibility index (Phi) is 13.5. The molecule has 4 heteroatoms. The summed E-state index contributed by atoms with van der Waals surface area (Å²) in [5.41, 5.74) is 19.6. The molecule has 2 aliphatic rings. The van der Waals surface area contributed by atoms with Gasteiger partial charge in [-0.1, -0.05) is 222 Å². The first kappa shape index (κ1) is 51.7. The van der Waals surface area contributed by atoms with Crippen molar-refractivity contribution in [2.45, 2.75) is 103 Å². The quantitative estimate of drug-likeness (QED) is 0.117. The summed E-state index contributed by atoms with van der Waals surface area (Å²) < 4.78 is 7.32. The van der Waals surface area contributed by atoms with Gasteiger partial charge < -0.3 is 19.3 Å². The smallest absolute Gasteiger partial charge is 0.159 e. The fraction of sp³-hybridized carbons (Fsp3) is 0.200. The van der Waals surface area contributed by atoms with E-state index >= 15 is 0 Å². The molecule has 0 saturated heterocycles. The molecule has 412 valence electrons. The number of hydrogen-bond acceptors (Lipinski definition) is 4. The Labute approximate surface area is 493 Å².